The third-order valence-corrected chi connectivity index (χ3v) is 1.91. The standard InChI is InChI=1S/C5H6F6O2.2C4H6O2/c6-1(2(7)4(9)12)3(8)5(10,11)13;2*1-3(2)4(5)6/h1-4,12-13H;2*1H2,2H3,(H,5,6). The second-order valence-electron chi connectivity index (χ2n) is 4.42. The van der Waals surface area contributed by atoms with Crippen LogP contribution in [0.2, 0.25) is 0 Å². The quantitative estimate of drug-likeness (QED) is 0.412. The fourth-order valence-electron chi connectivity index (χ4n) is 0.505. The first-order valence-electron chi connectivity index (χ1n) is 6.08. The molecular weight excluding hydrogens is 366 g/mol. The molecule has 0 spiro atoms. The van der Waals surface area contributed by atoms with Crippen molar-refractivity contribution >= 4 is 11.9 Å². The van der Waals surface area contributed by atoms with E-state index >= 15 is 0 Å². The number of aliphatic carboxylic acids is 2. The number of alkyl halides is 6. The van der Waals surface area contributed by atoms with E-state index < -0.39 is 42.9 Å². The summed E-state index contributed by atoms with van der Waals surface area (Å²) in [6.45, 7) is 9.20. The topological polar surface area (TPSA) is 115 Å². The Bertz CT molecular complexity index is 414. The average molecular weight is 384 g/mol. The third-order valence-electron chi connectivity index (χ3n) is 1.91. The van der Waals surface area contributed by atoms with Crippen LogP contribution in [0.25, 0.3) is 0 Å². The molecule has 0 saturated carbocycles. The van der Waals surface area contributed by atoms with Crippen molar-refractivity contribution in [1.82, 2.24) is 0 Å². The summed E-state index contributed by atoms with van der Waals surface area (Å²) in [6, 6.07) is 0. The summed E-state index contributed by atoms with van der Waals surface area (Å²) in [4.78, 5) is 19.2. The van der Waals surface area contributed by atoms with E-state index in [4.69, 9.17) is 20.4 Å². The summed E-state index contributed by atoms with van der Waals surface area (Å²) in [5.41, 5.74) is 0.352. The zero-order valence-corrected chi connectivity index (χ0v) is 13.1. The van der Waals surface area contributed by atoms with Crippen LogP contribution in [0.1, 0.15) is 13.8 Å². The van der Waals surface area contributed by atoms with Gasteiger partial charge in [-0.1, -0.05) is 13.2 Å². The summed E-state index contributed by atoms with van der Waals surface area (Å²) in [5, 5.41) is 31.1. The molecule has 0 radical (unpaired) electrons. The van der Waals surface area contributed by atoms with Gasteiger partial charge in [0.05, 0.1) is 0 Å². The zero-order valence-electron chi connectivity index (χ0n) is 13.1. The molecular formula is C13H18F6O6. The zero-order chi connectivity index (χ0) is 21.1. The van der Waals surface area contributed by atoms with Gasteiger partial charge in [-0.05, 0) is 13.8 Å². The van der Waals surface area contributed by atoms with E-state index in [1.165, 1.54) is 13.8 Å². The minimum absolute atomic E-state index is 0.176. The Morgan fingerprint density at radius 3 is 1.24 bits per heavy atom. The monoisotopic (exact) mass is 384 g/mol. The first-order chi connectivity index (χ1) is 11.0. The average Bonchev–Trinajstić information content (AvgIpc) is 2.44. The van der Waals surface area contributed by atoms with Gasteiger partial charge in [0.1, 0.15) is 0 Å². The smallest absolute Gasteiger partial charge is 0.387 e. The van der Waals surface area contributed by atoms with E-state index in [0.29, 0.717) is 0 Å². The molecule has 0 aromatic carbocycles. The molecule has 12 heteroatoms. The number of carboxylic acid groups (broad SMARTS) is 2. The number of hydrogen-bond donors (Lipinski definition) is 4. The normalized spacial score (nSPS) is 15.1. The minimum Gasteiger partial charge on any atom is -0.478 e. The Hall–Kier alpha value is -2.08. The molecule has 0 saturated heterocycles. The van der Waals surface area contributed by atoms with Crippen LogP contribution in [-0.4, -0.2) is 63.3 Å². The van der Waals surface area contributed by atoms with Crippen molar-refractivity contribution in [3.8, 4) is 0 Å². The van der Waals surface area contributed by atoms with Crippen molar-refractivity contribution in [1.29, 1.82) is 0 Å². The van der Waals surface area contributed by atoms with E-state index in [9.17, 15) is 35.9 Å². The van der Waals surface area contributed by atoms with Gasteiger partial charge < -0.3 is 20.4 Å². The summed E-state index contributed by atoms with van der Waals surface area (Å²) in [5.74, 6) is -1.87. The molecule has 148 valence electrons. The summed E-state index contributed by atoms with van der Waals surface area (Å²) in [7, 11) is 0. The highest BCUT2D eigenvalue weighted by Gasteiger charge is 2.49. The SMILES string of the molecule is C=C(C)C(=O)O.C=C(C)C(=O)O.OC(F)C(F)C(F)C(F)C(O)(F)F. The first kappa shape index (κ1) is 27.8. The van der Waals surface area contributed by atoms with Gasteiger partial charge in [0.2, 0.25) is 12.5 Å². The number of aliphatic hydroxyl groups is 2. The molecule has 0 heterocycles. The predicted molar refractivity (Wildman–Crippen MR) is 73.9 cm³/mol. The van der Waals surface area contributed by atoms with E-state index in [0.717, 1.165) is 0 Å². The number of aliphatic hydroxyl groups excluding tert-OH is 1. The van der Waals surface area contributed by atoms with Gasteiger partial charge in [0, 0.05) is 11.1 Å². The molecule has 0 aromatic rings. The largest absolute Gasteiger partial charge is 0.478 e. The Balaban J connectivity index is -0.000000336. The van der Waals surface area contributed by atoms with Gasteiger partial charge in [-0.3, -0.25) is 0 Å². The van der Waals surface area contributed by atoms with E-state index in [-0.39, 0.29) is 11.1 Å². The van der Waals surface area contributed by atoms with Crippen LogP contribution in [0.5, 0.6) is 0 Å². The summed E-state index contributed by atoms with van der Waals surface area (Å²) < 4.78 is 70.8. The highest BCUT2D eigenvalue weighted by Crippen LogP contribution is 2.26. The van der Waals surface area contributed by atoms with Crippen molar-refractivity contribution in [2.75, 3.05) is 0 Å². The van der Waals surface area contributed by atoms with Crippen LogP contribution in [0, 0.1) is 0 Å². The van der Waals surface area contributed by atoms with Gasteiger partial charge in [0.15, 0.2) is 12.3 Å². The second kappa shape index (κ2) is 12.3. The Labute approximate surface area is 138 Å². The van der Waals surface area contributed by atoms with E-state index in [1.807, 2.05) is 0 Å². The lowest BCUT2D eigenvalue weighted by Gasteiger charge is -2.20. The van der Waals surface area contributed by atoms with Crippen LogP contribution in [0.15, 0.2) is 24.3 Å². The van der Waals surface area contributed by atoms with Gasteiger partial charge in [-0.25, -0.2) is 27.2 Å². The van der Waals surface area contributed by atoms with Crippen LogP contribution in [0.4, 0.5) is 26.3 Å². The van der Waals surface area contributed by atoms with Gasteiger partial charge in [-0.2, -0.15) is 8.78 Å². The first-order valence-corrected chi connectivity index (χ1v) is 6.08. The van der Waals surface area contributed by atoms with Crippen molar-refractivity contribution in [2.24, 2.45) is 0 Å². The van der Waals surface area contributed by atoms with Crippen molar-refractivity contribution < 1.29 is 56.4 Å². The minimum atomic E-state index is -5.11. The number of carboxylic acids is 2. The van der Waals surface area contributed by atoms with Crippen molar-refractivity contribution in [2.45, 2.75) is 44.8 Å². The molecule has 0 aliphatic heterocycles. The van der Waals surface area contributed by atoms with Gasteiger partial charge >= 0.3 is 18.0 Å². The molecule has 0 amide bonds. The molecule has 0 bridgehead atoms. The summed E-state index contributed by atoms with van der Waals surface area (Å²) in [6.07, 6.45) is -19.6. The van der Waals surface area contributed by atoms with Crippen molar-refractivity contribution in [3.63, 3.8) is 0 Å². The molecule has 4 N–H and O–H groups in total. The number of hydrogen-bond acceptors (Lipinski definition) is 4. The summed E-state index contributed by atoms with van der Waals surface area (Å²) >= 11 is 0. The molecule has 0 aliphatic rings. The lowest BCUT2D eigenvalue weighted by molar-refractivity contribution is -0.260. The predicted octanol–water partition coefficient (Wildman–Crippen LogP) is 2.17. The van der Waals surface area contributed by atoms with Crippen LogP contribution >= 0.6 is 0 Å². The van der Waals surface area contributed by atoms with E-state index in [2.05, 4.69) is 13.2 Å². The lowest BCUT2D eigenvalue weighted by atomic mass is 10.1. The molecule has 6 nitrogen and oxygen atoms in total. The molecule has 0 rings (SSSR count). The van der Waals surface area contributed by atoms with Gasteiger partial charge in [-0.15, -0.1) is 0 Å². The maximum Gasteiger partial charge on any atom is 0.387 e. The number of rotatable bonds is 6. The molecule has 25 heavy (non-hydrogen) atoms. The molecule has 0 aliphatic carbocycles. The Morgan fingerprint density at radius 1 is 0.880 bits per heavy atom. The maximum atomic E-state index is 12.1. The van der Waals surface area contributed by atoms with Crippen LogP contribution in [0.3, 0.4) is 0 Å². The molecule has 4 atom stereocenters. The highest BCUT2D eigenvalue weighted by molar-refractivity contribution is 5.85. The number of halogens is 6. The molecule has 0 aromatic heterocycles. The van der Waals surface area contributed by atoms with Crippen molar-refractivity contribution in [3.05, 3.63) is 24.3 Å². The number of carbonyl (C=O) groups is 2. The molecule has 0 fully saturated rings. The fraction of sp³-hybridized carbons (Fsp3) is 0.538. The van der Waals surface area contributed by atoms with Crippen LogP contribution < -0.4 is 0 Å². The van der Waals surface area contributed by atoms with Gasteiger partial charge in [0.25, 0.3) is 0 Å². The molecule has 4 unspecified atom stereocenters. The van der Waals surface area contributed by atoms with E-state index in [1.54, 1.807) is 0 Å². The Morgan fingerprint density at radius 2 is 1.12 bits per heavy atom. The lowest BCUT2D eigenvalue weighted by Crippen LogP contribution is -2.44. The third kappa shape index (κ3) is 15.2. The Kier molecular flexibility index (Phi) is 13.7. The maximum absolute atomic E-state index is 12.1. The van der Waals surface area contributed by atoms with Crippen LogP contribution in [-0.2, 0) is 9.59 Å². The fourth-order valence-corrected chi connectivity index (χ4v) is 0.505. The highest BCUT2D eigenvalue weighted by atomic mass is 19.3. The second-order valence-corrected chi connectivity index (χ2v) is 4.42.